The highest BCUT2D eigenvalue weighted by Crippen LogP contribution is 2.37. The van der Waals surface area contributed by atoms with Gasteiger partial charge in [0.1, 0.15) is 23.0 Å². The molecule has 3 aromatic heterocycles. The molecule has 0 radical (unpaired) electrons. The molecule has 4 rings (SSSR count). The summed E-state index contributed by atoms with van der Waals surface area (Å²) in [6.07, 6.45) is 2.63. The van der Waals surface area contributed by atoms with Crippen molar-refractivity contribution in [3.8, 4) is 11.3 Å². The van der Waals surface area contributed by atoms with E-state index in [0.29, 0.717) is 39.4 Å². The van der Waals surface area contributed by atoms with Crippen molar-refractivity contribution < 1.29 is 4.39 Å². The maximum absolute atomic E-state index is 14.4. The van der Waals surface area contributed by atoms with E-state index in [1.54, 1.807) is 46.9 Å². The average molecular weight is 369 g/mol. The largest absolute Gasteiger partial charge is 0.397 e. The molecule has 0 bridgehead atoms. The number of nitrogens with zero attached hydrogens (tertiary/aromatic N) is 3. The summed E-state index contributed by atoms with van der Waals surface area (Å²) in [4.78, 5) is 8.32. The molecule has 0 aliphatic carbocycles. The highest BCUT2D eigenvalue weighted by Gasteiger charge is 2.20. The number of benzene rings is 1. The van der Waals surface area contributed by atoms with Gasteiger partial charge in [-0.25, -0.2) is 9.37 Å². The standard InChI is InChI=1S/C18H14ClFN6/c19-11-3-1-4-13(21)17(11)25-18-16(10-7-8-23-9-12(10)20)24-15-6-2-5-14(22)26(15)18/h1-9,25H,21-22H2. The molecular formula is C18H14ClFN6. The molecule has 0 aliphatic rings. The van der Waals surface area contributed by atoms with Crippen molar-refractivity contribution in [2.75, 3.05) is 16.8 Å². The quantitative estimate of drug-likeness (QED) is 0.473. The number of para-hydroxylation sites is 1. The summed E-state index contributed by atoms with van der Waals surface area (Å²) in [6.45, 7) is 0. The lowest BCUT2D eigenvalue weighted by Crippen LogP contribution is -2.04. The zero-order valence-corrected chi connectivity index (χ0v) is 14.2. The summed E-state index contributed by atoms with van der Waals surface area (Å²) in [5.41, 5.74) is 14.3. The highest BCUT2D eigenvalue weighted by atomic mass is 35.5. The molecule has 8 heteroatoms. The Morgan fingerprint density at radius 1 is 1.08 bits per heavy atom. The zero-order valence-electron chi connectivity index (χ0n) is 13.4. The Morgan fingerprint density at radius 3 is 2.65 bits per heavy atom. The van der Waals surface area contributed by atoms with E-state index < -0.39 is 5.82 Å². The van der Waals surface area contributed by atoms with Crippen molar-refractivity contribution in [1.82, 2.24) is 14.4 Å². The van der Waals surface area contributed by atoms with Crippen LogP contribution in [0.3, 0.4) is 0 Å². The van der Waals surface area contributed by atoms with Crippen LogP contribution in [0, 0.1) is 5.82 Å². The van der Waals surface area contributed by atoms with Crippen molar-refractivity contribution in [3.05, 3.63) is 65.7 Å². The van der Waals surface area contributed by atoms with Gasteiger partial charge in [-0.05, 0) is 30.3 Å². The lowest BCUT2D eigenvalue weighted by atomic mass is 10.2. The third-order valence-corrected chi connectivity index (χ3v) is 4.31. The van der Waals surface area contributed by atoms with Gasteiger partial charge >= 0.3 is 0 Å². The summed E-state index contributed by atoms with van der Waals surface area (Å²) in [5, 5.41) is 3.60. The minimum Gasteiger partial charge on any atom is -0.397 e. The van der Waals surface area contributed by atoms with E-state index in [1.807, 2.05) is 0 Å². The van der Waals surface area contributed by atoms with Crippen LogP contribution in [0.5, 0.6) is 0 Å². The number of imidazole rings is 1. The Bertz CT molecular complexity index is 1100. The van der Waals surface area contributed by atoms with E-state index >= 15 is 0 Å². The van der Waals surface area contributed by atoms with Gasteiger partial charge in [0.2, 0.25) is 0 Å². The van der Waals surface area contributed by atoms with Crippen molar-refractivity contribution in [2.45, 2.75) is 0 Å². The molecule has 26 heavy (non-hydrogen) atoms. The molecule has 0 fully saturated rings. The molecule has 0 aliphatic heterocycles. The van der Waals surface area contributed by atoms with Crippen LogP contribution >= 0.6 is 11.6 Å². The predicted octanol–water partition coefficient (Wildman–Crippen LogP) is 4.10. The van der Waals surface area contributed by atoms with E-state index in [1.165, 1.54) is 6.20 Å². The Balaban J connectivity index is 2.00. The van der Waals surface area contributed by atoms with Crippen LogP contribution in [0.15, 0.2) is 54.9 Å². The van der Waals surface area contributed by atoms with Gasteiger partial charge in [-0.1, -0.05) is 23.7 Å². The minimum absolute atomic E-state index is 0.288. The first kappa shape index (κ1) is 16.2. The number of rotatable bonds is 3. The van der Waals surface area contributed by atoms with Crippen molar-refractivity contribution in [1.29, 1.82) is 0 Å². The summed E-state index contributed by atoms with van der Waals surface area (Å²) >= 11 is 6.28. The maximum atomic E-state index is 14.4. The van der Waals surface area contributed by atoms with Gasteiger partial charge in [-0.15, -0.1) is 0 Å². The normalized spacial score (nSPS) is 11.0. The monoisotopic (exact) mass is 368 g/mol. The Kier molecular flexibility index (Phi) is 3.85. The van der Waals surface area contributed by atoms with Crippen LogP contribution in [0.4, 0.5) is 27.4 Å². The average Bonchev–Trinajstić information content (AvgIpc) is 2.98. The number of nitrogens with one attached hydrogen (secondary N) is 1. The molecule has 4 aromatic rings. The topological polar surface area (TPSA) is 94.3 Å². The van der Waals surface area contributed by atoms with E-state index in [9.17, 15) is 4.39 Å². The first-order chi connectivity index (χ1) is 12.6. The summed E-state index contributed by atoms with van der Waals surface area (Å²) < 4.78 is 16.0. The number of nitrogen functional groups attached to an aromatic ring is 2. The number of fused-ring (bicyclic) bond motifs is 1. The molecule has 130 valence electrons. The molecule has 0 unspecified atom stereocenters. The first-order valence-electron chi connectivity index (χ1n) is 7.74. The Labute approximate surface area is 153 Å². The summed E-state index contributed by atoms with van der Waals surface area (Å²) in [5.74, 6) is 0.400. The number of halogens is 2. The van der Waals surface area contributed by atoms with Crippen molar-refractivity contribution in [3.63, 3.8) is 0 Å². The number of hydrogen-bond donors (Lipinski definition) is 3. The van der Waals surface area contributed by atoms with Gasteiger partial charge in [0.15, 0.2) is 5.82 Å². The number of aromatic nitrogens is 3. The fourth-order valence-electron chi connectivity index (χ4n) is 2.78. The maximum Gasteiger partial charge on any atom is 0.151 e. The van der Waals surface area contributed by atoms with Crippen LogP contribution in [-0.2, 0) is 0 Å². The van der Waals surface area contributed by atoms with Gasteiger partial charge in [-0.3, -0.25) is 9.38 Å². The number of anilines is 4. The third kappa shape index (κ3) is 2.58. The smallest absolute Gasteiger partial charge is 0.151 e. The Morgan fingerprint density at radius 2 is 1.88 bits per heavy atom. The number of hydrogen-bond acceptors (Lipinski definition) is 5. The van der Waals surface area contributed by atoms with Gasteiger partial charge < -0.3 is 16.8 Å². The molecule has 0 spiro atoms. The molecule has 0 atom stereocenters. The molecule has 0 saturated heterocycles. The third-order valence-electron chi connectivity index (χ3n) is 3.99. The van der Waals surface area contributed by atoms with Crippen LogP contribution in [0.1, 0.15) is 0 Å². The zero-order chi connectivity index (χ0) is 18.3. The fraction of sp³-hybridized carbons (Fsp3) is 0. The van der Waals surface area contributed by atoms with Gasteiger partial charge in [0.05, 0.1) is 22.6 Å². The molecular weight excluding hydrogens is 355 g/mol. The van der Waals surface area contributed by atoms with Crippen LogP contribution < -0.4 is 16.8 Å². The Hall–Kier alpha value is -3.32. The molecule has 0 saturated carbocycles. The van der Waals surface area contributed by atoms with Crippen molar-refractivity contribution >= 4 is 40.3 Å². The second-order valence-electron chi connectivity index (χ2n) is 5.64. The van der Waals surface area contributed by atoms with E-state index in [4.69, 9.17) is 23.1 Å². The van der Waals surface area contributed by atoms with Crippen molar-refractivity contribution in [2.24, 2.45) is 0 Å². The predicted molar refractivity (Wildman–Crippen MR) is 102 cm³/mol. The van der Waals surface area contributed by atoms with Crippen LogP contribution in [0.2, 0.25) is 5.02 Å². The molecule has 3 heterocycles. The highest BCUT2D eigenvalue weighted by molar-refractivity contribution is 6.34. The lowest BCUT2D eigenvalue weighted by molar-refractivity contribution is 0.624. The van der Waals surface area contributed by atoms with E-state index in [2.05, 4.69) is 15.3 Å². The fourth-order valence-corrected chi connectivity index (χ4v) is 3.01. The molecule has 1 aromatic carbocycles. The second-order valence-corrected chi connectivity index (χ2v) is 6.05. The number of nitrogens with two attached hydrogens (primary N) is 2. The van der Waals surface area contributed by atoms with Gasteiger partial charge in [0.25, 0.3) is 0 Å². The molecule has 6 nitrogen and oxygen atoms in total. The summed E-state index contributed by atoms with van der Waals surface area (Å²) in [6, 6.07) is 12.0. The first-order valence-corrected chi connectivity index (χ1v) is 8.12. The minimum atomic E-state index is -0.496. The van der Waals surface area contributed by atoms with E-state index in [-0.39, 0.29) is 5.56 Å². The summed E-state index contributed by atoms with van der Waals surface area (Å²) in [7, 11) is 0. The number of pyridine rings is 2. The second kappa shape index (κ2) is 6.20. The lowest BCUT2D eigenvalue weighted by Gasteiger charge is -2.13. The van der Waals surface area contributed by atoms with Gasteiger partial charge in [0, 0.05) is 11.8 Å². The molecule has 5 N–H and O–H groups in total. The van der Waals surface area contributed by atoms with Crippen LogP contribution in [0.25, 0.3) is 16.9 Å². The SMILES string of the molecule is Nc1cccc(Cl)c1Nc1c(-c2ccncc2F)nc2cccc(N)n12. The van der Waals surface area contributed by atoms with E-state index in [0.717, 1.165) is 6.20 Å². The van der Waals surface area contributed by atoms with Crippen LogP contribution in [-0.4, -0.2) is 14.4 Å². The van der Waals surface area contributed by atoms with Gasteiger partial charge in [-0.2, -0.15) is 0 Å². The molecule has 0 amide bonds.